The van der Waals surface area contributed by atoms with Gasteiger partial charge in [0.2, 0.25) is 0 Å². The molecular formula is C37H39N5O6Si. The number of anilines is 1. The Morgan fingerprint density at radius 3 is 1.94 bits per heavy atom. The lowest BCUT2D eigenvalue weighted by Gasteiger charge is -2.37. The zero-order chi connectivity index (χ0) is 34.8. The Hall–Kier alpha value is -5.04. The van der Waals surface area contributed by atoms with E-state index in [1.807, 2.05) is 6.07 Å². The van der Waals surface area contributed by atoms with Crippen LogP contribution in [0.15, 0.2) is 104 Å². The van der Waals surface area contributed by atoms with Gasteiger partial charge in [-0.1, -0.05) is 75.4 Å². The fourth-order valence-electron chi connectivity index (χ4n) is 5.35. The van der Waals surface area contributed by atoms with Gasteiger partial charge in [0.1, 0.15) is 24.8 Å². The van der Waals surface area contributed by atoms with Gasteiger partial charge in [0.25, 0.3) is 11.8 Å². The van der Waals surface area contributed by atoms with Gasteiger partial charge in [0.15, 0.2) is 25.3 Å². The Balaban J connectivity index is 1.34. The Labute approximate surface area is 286 Å². The molecule has 3 aromatic carbocycles. The highest BCUT2D eigenvalue weighted by Gasteiger charge is 2.44. The van der Waals surface area contributed by atoms with Crippen LogP contribution in [0.3, 0.4) is 0 Å². The molecule has 1 saturated heterocycles. The van der Waals surface area contributed by atoms with Crippen LogP contribution in [-0.4, -0.2) is 64.4 Å². The lowest BCUT2D eigenvalue weighted by molar-refractivity contribution is -0.0476. The van der Waals surface area contributed by atoms with Crippen molar-refractivity contribution in [3.8, 4) is 0 Å². The standard InChI is InChI=1S/C37H39N5O6Si/c1-37(2,3)49(4,5)46-22-29-28(48-36(45)27-19-13-8-14-20-27)21-30(47-29)41-24-40-31-32(41)38-23-39-33(31)42(34(43)25-15-9-6-10-16-25)35(44)26-17-11-7-12-18-26/h6-20,23-24,28-30H,21-22H2,1-5H3/t28-,29+,30+/m0/s1. The van der Waals surface area contributed by atoms with Crippen molar-refractivity contribution in [2.24, 2.45) is 0 Å². The molecule has 12 heteroatoms. The molecule has 0 aliphatic carbocycles. The van der Waals surface area contributed by atoms with Gasteiger partial charge in [-0.3, -0.25) is 14.2 Å². The highest BCUT2D eigenvalue weighted by molar-refractivity contribution is 6.74. The summed E-state index contributed by atoms with van der Waals surface area (Å²) in [6.45, 7) is 11.0. The summed E-state index contributed by atoms with van der Waals surface area (Å²) in [5.41, 5.74) is 1.64. The van der Waals surface area contributed by atoms with E-state index >= 15 is 0 Å². The van der Waals surface area contributed by atoms with E-state index < -0.39 is 44.5 Å². The quantitative estimate of drug-likeness (QED) is 0.0936. The van der Waals surface area contributed by atoms with E-state index in [4.69, 9.17) is 13.9 Å². The van der Waals surface area contributed by atoms with Crippen LogP contribution in [0, 0.1) is 0 Å². The predicted molar refractivity (Wildman–Crippen MR) is 187 cm³/mol. The van der Waals surface area contributed by atoms with E-state index in [0.29, 0.717) is 28.8 Å². The summed E-state index contributed by atoms with van der Waals surface area (Å²) in [5, 5.41) is -0.0324. The first-order valence-electron chi connectivity index (χ1n) is 16.2. The number of aromatic nitrogens is 4. The van der Waals surface area contributed by atoms with Crippen LogP contribution in [-0.2, 0) is 13.9 Å². The molecule has 0 unspecified atom stereocenters. The van der Waals surface area contributed by atoms with E-state index in [2.05, 4.69) is 48.8 Å². The van der Waals surface area contributed by atoms with Crippen LogP contribution in [0.5, 0.6) is 0 Å². The highest BCUT2D eigenvalue weighted by Crippen LogP contribution is 2.39. The van der Waals surface area contributed by atoms with E-state index in [-0.39, 0.29) is 23.0 Å². The van der Waals surface area contributed by atoms with Crippen molar-refractivity contribution in [1.29, 1.82) is 0 Å². The van der Waals surface area contributed by atoms with Gasteiger partial charge >= 0.3 is 5.97 Å². The van der Waals surface area contributed by atoms with E-state index in [1.165, 1.54) is 6.33 Å². The van der Waals surface area contributed by atoms with Crippen LogP contribution in [0.1, 0.15) is 64.5 Å². The molecule has 49 heavy (non-hydrogen) atoms. The number of carbonyl (C=O) groups excluding carboxylic acids is 3. The Bertz CT molecular complexity index is 1890. The normalized spacial score (nSPS) is 17.9. The van der Waals surface area contributed by atoms with Gasteiger partial charge in [0.05, 0.1) is 18.5 Å². The Kier molecular flexibility index (Phi) is 9.55. The predicted octanol–water partition coefficient (Wildman–Crippen LogP) is 6.85. The van der Waals surface area contributed by atoms with Crippen molar-refractivity contribution in [2.75, 3.05) is 11.5 Å². The molecule has 252 valence electrons. The summed E-state index contributed by atoms with van der Waals surface area (Å²) in [6, 6.07) is 25.9. The number of carbonyl (C=O) groups is 3. The summed E-state index contributed by atoms with van der Waals surface area (Å²) in [6.07, 6.45) is 1.29. The van der Waals surface area contributed by atoms with Crippen LogP contribution >= 0.6 is 0 Å². The number of esters is 1. The van der Waals surface area contributed by atoms with Crippen molar-refractivity contribution in [2.45, 2.75) is 63.8 Å². The molecule has 1 aliphatic rings. The molecule has 3 heterocycles. The zero-order valence-electron chi connectivity index (χ0n) is 28.1. The minimum atomic E-state index is -2.17. The number of benzene rings is 3. The number of hydrogen-bond donors (Lipinski definition) is 0. The van der Waals surface area contributed by atoms with Crippen LogP contribution < -0.4 is 4.90 Å². The Morgan fingerprint density at radius 2 is 1.39 bits per heavy atom. The zero-order valence-corrected chi connectivity index (χ0v) is 29.1. The molecule has 6 rings (SSSR count). The Morgan fingerprint density at radius 1 is 0.837 bits per heavy atom. The molecule has 1 fully saturated rings. The summed E-state index contributed by atoms with van der Waals surface area (Å²) < 4.78 is 20.8. The van der Waals surface area contributed by atoms with Gasteiger partial charge in [0, 0.05) is 17.5 Å². The molecule has 0 spiro atoms. The van der Waals surface area contributed by atoms with Gasteiger partial charge < -0.3 is 13.9 Å². The first kappa shape index (κ1) is 33.8. The van der Waals surface area contributed by atoms with Crippen molar-refractivity contribution in [3.63, 3.8) is 0 Å². The third-order valence-corrected chi connectivity index (χ3v) is 13.7. The maximum absolute atomic E-state index is 13.9. The fraction of sp³-hybridized carbons (Fsp3) is 0.297. The number of hydrogen-bond acceptors (Lipinski definition) is 9. The van der Waals surface area contributed by atoms with Gasteiger partial charge in [-0.25, -0.2) is 24.6 Å². The lowest BCUT2D eigenvalue weighted by Crippen LogP contribution is -2.44. The number of imide groups is 1. The second-order valence-corrected chi connectivity index (χ2v) is 18.3. The highest BCUT2D eigenvalue weighted by atomic mass is 28.4. The minimum Gasteiger partial charge on any atom is -0.456 e. The first-order valence-corrected chi connectivity index (χ1v) is 19.1. The first-order chi connectivity index (χ1) is 23.4. The molecule has 11 nitrogen and oxygen atoms in total. The van der Waals surface area contributed by atoms with Gasteiger partial charge in [-0.05, 0) is 54.5 Å². The average molecular weight is 678 g/mol. The smallest absolute Gasteiger partial charge is 0.338 e. The third kappa shape index (κ3) is 7.07. The fourth-order valence-corrected chi connectivity index (χ4v) is 6.36. The van der Waals surface area contributed by atoms with Crippen LogP contribution in [0.4, 0.5) is 5.82 Å². The van der Waals surface area contributed by atoms with Crippen molar-refractivity contribution in [3.05, 3.63) is 120 Å². The largest absolute Gasteiger partial charge is 0.456 e. The maximum Gasteiger partial charge on any atom is 0.338 e. The van der Waals surface area contributed by atoms with Gasteiger partial charge in [-0.2, -0.15) is 0 Å². The van der Waals surface area contributed by atoms with Crippen LogP contribution in [0.2, 0.25) is 18.1 Å². The summed E-state index contributed by atoms with van der Waals surface area (Å²) >= 11 is 0. The molecule has 2 amide bonds. The molecule has 0 saturated carbocycles. The molecule has 1 aliphatic heterocycles. The molecular weight excluding hydrogens is 639 g/mol. The number of rotatable bonds is 9. The summed E-state index contributed by atoms with van der Waals surface area (Å²) in [7, 11) is -2.17. The lowest BCUT2D eigenvalue weighted by atomic mass is 10.1. The number of imidazole rings is 1. The molecule has 0 N–H and O–H groups in total. The topological polar surface area (TPSA) is 126 Å². The van der Waals surface area contributed by atoms with Crippen molar-refractivity contribution in [1.82, 2.24) is 19.5 Å². The maximum atomic E-state index is 13.9. The monoisotopic (exact) mass is 677 g/mol. The number of amides is 2. The van der Waals surface area contributed by atoms with Crippen molar-refractivity contribution < 1.29 is 28.3 Å². The summed E-state index contributed by atoms with van der Waals surface area (Å²) in [5.74, 6) is -1.54. The average Bonchev–Trinajstić information content (AvgIpc) is 3.72. The van der Waals surface area contributed by atoms with E-state index in [0.717, 1.165) is 4.90 Å². The van der Waals surface area contributed by atoms with Crippen LogP contribution in [0.25, 0.3) is 11.2 Å². The van der Waals surface area contributed by atoms with Gasteiger partial charge in [-0.15, -0.1) is 0 Å². The molecule has 5 aromatic rings. The van der Waals surface area contributed by atoms with Crippen molar-refractivity contribution >= 4 is 43.1 Å². The second-order valence-electron chi connectivity index (χ2n) is 13.4. The SMILES string of the molecule is CC(C)(C)[Si](C)(C)OC[C@H]1O[C@@H](n2cnc3c(N(C(=O)c4ccccc4)C(=O)c4ccccc4)ncnc32)C[C@@H]1OC(=O)c1ccccc1. The third-order valence-electron chi connectivity index (χ3n) is 9.17. The number of nitrogens with zero attached hydrogens (tertiary/aromatic N) is 5. The molecule has 2 aromatic heterocycles. The molecule has 3 atom stereocenters. The second kappa shape index (κ2) is 13.8. The number of fused-ring (bicyclic) bond motifs is 1. The number of ether oxygens (including phenoxy) is 2. The van der Waals surface area contributed by atoms with E-state index in [9.17, 15) is 14.4 Å². The molecule has 0 radical (unpaired) electrons. The van der Waals surface area contributed by atoms with E-state index in [1.54, 1.807) is 95.8 Å². The minimum absolute atomic E-state index is 0.0324. The molecule has 0 bridgehead atoms. The summed E-state index contributed by atoms with van der Waals surface area (Å²) in [4.78, 5) is 55.5.